The van der Waals surface area contributed by atoms with E-state index < -0.39 is 6.10 Å². The molecule has 26 heavy (non-hydrogen) atoms. The van der Waals surface area contributed by atoms with Crippen molar-refractivity contribution in [2.75, 3.05) is 32.7 Å². The number of aliphatic hydroxyl groups excluding tert-OH is 1. The number of pyridine rings is 1. The highest BCUT2D eigenvalue weighted by molar-refractivity contribution is 5.82. The molecule has 1 amide bonds. The Kier molecular flexibility index (Phi) is 5.18. The molecule has 3 heterocycles. The highest BCUT2D eigenvalue weighted by Crippen LogP contribution is 2.25. The van der Waals surface area contributed by atoms with E-state index in [4.69, 9.17) is 0 Å². The van der Waals surface area contributed by atoms with Gasteiger partial charge >= 0.3 is 0 Å². The number of hydrogen-bond donors (Lipinski definition) is 1. The third-order valence-corrected chi connectivity index (χ3v) is 5.79. The molecule has 138 valence electrons. The summed E-state index contributed by atoms with van der Waals surface area (Å²) in [6, 6.07) is 10.1. The lowest BCUT2D eigenvalue weighted by Gasteiger charge is -2.27. The van der Waals surface area contributed by atoms with Gasteiger partial charge in [-0.05, 0) is 50.0 Å². The SMILES string of the molecule is O=C(CN1CCCCC1)N1C[C@@H](Cc2ccnc3ccccc23)[C@H](O)C1. The van der Waals surface area contributed by atoms with Crippen molar-refractivity contribution in [2.45, 2.75) is 31.8 Å². The van der Waals surface area contributed by atoms with Gasteiger partial charge in [-0.1, -0.05) is 24.6 Å². The van der Waals surface area contributed by atoms with Gasteiger partial charge < -0.3 is 10.0 Å². The monoisotopic (exact) mass is 353 g/mol. The predicted octanol–water partition coefficient (Wildman–Crippen LogP) is 2.08. The number of β-amino-alcohol motifs (C(OH)–C–C–N with tert-alkyl or cyclic N) is 1. The van der Waals surface area contributed by atoms with Gasteiger partial charge in [0, 0.05) is 30.6 Å². The fraction of sp³-hybridized carbons (Fsp3) is 0.524. The predicted molar refractivity (Wildman–Crippen MR) is 102 cm³/mol. The van der Waals surface area contributed by atoms with Crippen molar-refractivity contribution in [1.82, 2.24) is 14.8 Å². The lowest BCUT2D eigenvalue weighted by Crippen LogP contribution is -2.41. The van der Waals surface area contributed by atoms with E-state index in [1.165, 1.54) is 24.8 Å². The molecule has 2 fully saturated rings. The molecule has 0 aliphatic carbocycles. The Labute approximate surface area is 154 Å². The zero-order chi connectivity index (χ0) is 17.9. The first-order valence-electron chi connectivity index (χ1n) is 9.71. The smallest absolute Gasteiger partial charge is 0.236 e. The third kappa shape index (κ3) is 3.74. The van der Waals surface area contributed by atoms with Crippen LogP contribution in [0, 0.1) is 5.92 Å². The first-order chi connectivity index (χ1) is 12.7. The van der Waals surface area contributed by atoms with Gasteiger partial charge in [0.25, 0.3) is 0 Å². The van der Waals surface area contributed by atoms with Crippen LogP contribution in [0.1, 0.15) is 24.8 Å². The van der Waals surface area contributed by atoms with Crippen molar-refractivity contribution < 1.29 is 9.90 Å². The summed E-state index contributed by atoms with van der Waals surface area (Å²) in [5.74, 6) is 0.249. The number of aromatic nitrogens is 1. The number of aliphatic hydroxyl groups is 1. The molecule has 2 aliphatic rings. The topological polar surface area (TPSA) is 56.7 Å². The van der Waals surface area contributed by atoms with Crippen molar-refractivity contribution in [3.05, 3.63) is 42.1 Å². The number of fused-ring (bicyclic) bond motifs is 1. The van der Waals surface area contributed by atoms with Crippen LogP contribution in [-0.2, 0) is 11.2 Å². The quantitative estimate of drug-likeness (QED) is 0.914. The number of para-hydroxylation sites is 1. The Morgan fingerprint density at radius 1 is 1.12 bits per heavy atom. The fourth-order valence-electron chi connectivity index (χ4n) is 4.28. The zero-order valence-electron chi connectivity index (χ0n) is 15.2. The van der Waals surface area contributed by atoms with Crippen LogP contribution in [-0.4, -0.2) is 64.6 Å². The molecule has 0 spiro atoms. The minimum absolute atomic E-state index is 0.0890. The summed E-state index contributed by atoms with van der Waals surface area (Å²) in [5, 5.41) is 11.7. The molecule has 1 aromatic heterocycles. The van der Waals surface area contributed by atoms with Crippen molar-refractivity contribution in [2.24, 2.45) is 5.92 Å². The van der Waals surface area contributed by atoms with Gasteiger partial charge in [0.05, 0.1) is 18.2 Å². The van der Waals surface area contributed by atoms with E-state index in [0.29, 0.717) is 19.6 Å². The van der Waals surface area contributed by atoms with Crippen LogP contribution in [0.3, 0.4) is 0 Å². The summed E-state index contributed by atoms with van der Waals surface area (Å²) >= 11 is 0. The first kappa shape index (κ1) is 17.4. The summed E-state index contributed by atoms with van der Waals surface area (Å²) < 4.78 is 0. The van der Waals surface area contributed by atoms with E-state index >= 15 is 0 Å². The molecule has 0 bridgehead atoms. The average Bonchev–Trinajstić information content (AvgIpc) is 3.04. The van der Waals surface area contributed by atoms with Gasteiger partial charge in [-0.25, -0.2) is 0 Å². The summed E-state index contributed by atoms with van der Waals surface area (Å²) in [5.41, 5.74) is 2.18. The minimum atomic E-state index is -0.452. The molecule has 2 aliphatic heterocycles. The molecular formula is C21H27N3O2. The number of benzene rings is 1. The van der Waals surface area contributed by atoms with Crippen molar-refractivity contribution in [1.29, 1.82) is 0 Å². The molecule has 2 saturated heterocycles. The fourth-order valence-corrected chi connectivity index (χ4v) is 4.28. The van der Waals surface area contributed by atoms with Crippen LogP contribution in [0.5, 0.6) is 0 Å². The van der Waals surface area contributed by atoms with Crippen LogP contribution in [0.25, 0.3) is 10.9 Å². The molecule has 4 rings (SSSR count). The van der Waals surface area contributed by atoms with Gasteiger partial charge in [-0.2, -0.15) is 0 Å². The molecule has 5 nitrogen and oxygen atoms in total. The Morgan fingerprint density at radius 2 is 1.92 bits per heavy atom. The highest BCUT2D eigenvalue weighted by Gasteiger charge is 2.34. The standard InChI is InChI=1S/C21H27N3O2/c25-20-14-24(21(26)15-23-10-4-1-5-11-23)13-17(20)12-16-8-9-22-19-7-3-2-6-18(16)19/h2-3,6-9,17,20,25H,1,4-5,10-15H2/t17-,20-/m1/s1. The number of piperidine rings is 1. The third-order valence-electron chi connectivity index (χ3n) is 5.79. The second-order valence-corrected chi connectivity index (χ2v) is 7.65. The van der Waals surface area contributed by atoms with Crippen LogP contribution >= 0.6 is 0 Å². The van der Waals surface area contributed by atoms with Gasteiger partial charge in [-0.3, -0.25) is 14.7 Å². The first-order valence-corrected chi connectivity index (χ1v) is 9.71. The highest BCUT2D eigenvalue weighted by atomic mass is 16.3. The maximum atomic E-state index is 12.6. The van der Waals surface area contributed by atoms with Crippen molar-refractivity contribution in [3.63, 3.8) is 0 Å². The molecule has 0 radical (unpaired) electrons. The lowest BCUT2D eigenvalue weighted by molar-refractivity contribution is -0.132. The molecule has 2 atom stereocenters. The van der Waals surface area contributed by atoms with E-state index in [-0.39, 0.29) is 11.8 Å². The normalized spacial score (nSPS) is 24.3. The van der Waals surface area contributed by atoms with E-state index in [2.05, 4.69) is 16.0 Å². The average molecular weight is 353 g/mol. The number of rotatable bonds is 4. The minimum Gasteiger partial charge on any atom is -0.391 e. The molecule has 0 saturated carbocycles. The lowest BCUT2D eigenvalue weighted by atomic mass is 9.94. The van der Waals surface area contributed by atoms with Crippen molar-refractivity contribution >= 4 is 16.8 Å². The van der Waals surface area contributed by atoms with Crippen LogP contribution < -0.4 is 0 Å². The molecule has 1 aromatic carbocycles. The Bertz CT molecular complexity index is 767. The second-order valence-electron chi connectivity index (χ2n) is 7.65. The van der Waals surface area contributed by atoms with Crippen molar-refractivity contribution in [3.8, 4) is 0 Å². The summed E-state index contributed by atoms with van der Waals surface area (Å²) in [4.78, 5) is 21.2. The molecular weight excluding hydrogens is 326 g/mol. The van der Waals surface area contributed by atoms with Crippen LogP contribution in [0.2, 0.25) is 0 Å². The number of likely N-dealkylation sites (tertiary alicyclic amines) is 2. The van der Waals surface area contributed by atoms with Gasteiger partial charge in [0.15, 0.2) is 0 Å². The largest absolute Gasteiger partial charge is 0.391 e. The second kappa shape index (κ2) is 7.72. The Balaban J connectivity index is 1.41. The zero-order valence-corrected chi connectivity index (χ0v) is 15.2. The van der Waals surface area contributed by atoms with Crippen LogP contribution in [0.4, 0.5) is 0 Å². The van der Waals surface area contributed by atoms with E-state index in [0.717, 1.165) is 30.4 Å². The van der Waals surface area contributed by atoms with Gasteiger partial charge in [0.1, 0.15) is 0 Å². The number of carbonyl (C=O) groups excluding carboxylic acids is 1. The Hall–Kier alpha value is -1.98. The summed E-state index contributed by atoms with van der Waals surface area (Å²) in [6.45, 7) is 3.64. The molecule has 2 aromatic rings. The molecule has 0 unspecified atom stereocenters. The number of nitrogens with zero attached hydrogens (tertiary/aromatic N) is 3. The maximum Gasteiger partial charge on any atom is 0.236 e. The molecule has 1 N–H and O–H groups in total. The maximum absolute atomic E-state index is 12.6. The van der Waals surface area contributed by atoms with E-state index in [1.807, 2.05) is 35.4 Å². The Morgan fingerprint density at radius 3 is 2.77 bits per heavy atom. The summed E-state index contributed by atoms with van der Waals surface area (Å²) in [6.07, 6.45) is 5.80. The number of hydrogen-bond acceptors (Lipinski definition) is 4. The van der Waals surface area contributed by atoms with E-state index in [9.17, 15) is 9.90 Å². The summed E-state index contributed by atoms with van der Waals surface area (Å²) in [7, 11) is 0. The van der Waals surface area contributed by atoms with Gasteiger partial charge in [0.2, 0.25) is 5.91 Å². The molecule has 5 heteroatoms. The number of carbonyl (C=O) groups is 1. The van der Waals surface area contributed by atoms with E-state index in [1.54, 1.807) is 0 Å². The number of amides is 1. The van der Waals surface area contributed by atoms with Gasteiger partial charge in [-0.15, -0.1) is 0 Å². The van der Waals surface area contributed by atoms with Crippen LogP contribution in [0.15, 0.2) is 36.5 Å².